The van der Waals surface area contributed by atoms with E-state index in [1.54, 1.807) is 0 Å². The molecule has 0 bridgehead atoms. The van der Waals surface area contributed by atoms with Crippen LogP contribution in [0.25, 0.3) is 0 Å². The first-order valence-electron chi connectivity index (χ1n) is 7.77. The lowest BCUT2D eigenvalue weighted by atomic mass is 10.0. The van der Waals surface area contributed by atoms with E-state index < -0.39 is 0 Å². The lowest BCUT2D eigenvalue weighted by molar-refractivity contribution is -0.118. The Morgan fingerprint density at radius 1 is 1.28 bits per heavy atom. The highest BCUT2D eigenvalue weighted by Gasteiger charge is 2.30. The summed E-state index contributed by atoms with van der Waals surface area (Å²) < 4.78 is 0. The third-order valence-corrected chi connectivity index (χ3v) is 4.33. The first kappa shape index (κ1) is 13.8. The van der Waals surface area contributed by atoms with Gasteiger partial charge in [-0.2, -0.15) is 0 Å². The van der Waals surface area contributed by atoms with Gasteiger partial charge in [-0.25, -0.2) is 0 Å². The van der Waals surface area contributed by atoms with Crippen LogP contribution in [0, 0.1) is 5.92 Å². The van der Waals surface area contributed by atoms with Crippen LogP contribution in [0.5, 0.6) is 0 Å². The molecule has 1 atom stereocenters. The summed E-state index contributed by atoms with van der Waals surface area (Å²) in [6.07, 6.45) is 11.9. The van der Waals surface area contributed by atoms with Gasteiger partial charge in [-0.3, -0.25) is 4.79 Å². The van der Waals surface area contributed by atoms with Crippen molar-refractivity contribution in [3.05, 3.63) is 11.6 Å². The van der Waals surface area contributed by atoms with E-state index >= 15 is 0 Å². The highest BCUT2D eigenvalue weighted by molar-refractivity contribution is 5.99. The summed E-state index contributed by atoms with van der Waals surface area (Å²) in [5.41, 5.74) is 1.13. The molecule has 0 N–H and O–H groups in total. The lowest BCUT2D eigenvalue weighted by Crippen LogP contribution is -2.35. The van der Waals surface area contributed by atoms with Crippen molar-refractivity contribution in [2.24, 2.45) is 5.92 Å². The average Bonchev–Trinajstić information content (AvgIpc) is 2.73. The molecule has 1 aliphatic heterocycles. The van der Waals surface area contributed by atoms with Crippen molar-refractivity contribution < 1.29 is 4.79 Å². The van der Waals surface area contributed by atoms with Gasteiger partial charge in [-0.05, 0) is 50.8 Å². The van der Waals surface area contributed by atoms with Crippen LogP contribution in [-0.2, 0) is 4.79 Å². The Morgan fingerprint density at radius 3 is 2.78 bits per heavy atom. The average molecular weight is 249 g/mol. The van der Waals surface area contributed by atoms with Crippen molar-refractivity contribution in [1.29, 1.82) is 0 Å². The van der Waals surface area contributed by atoms with E-state index in [1.165, 1.54) is 45.2 Å². The number of carbonyl (C=O) groups excluding carboxylic acids is 1. The fourth-order valence-electron chi connectivity index (χ4n) is 3.16. The van der Waals surface area contributed by atoms with Gasteiger partial charge in [-0.1, -0.05) is 32.3 Å². The van der Waals surface area contributed by atoms with E-state index in [9.17, 15) is 4.79 Å². The molecule has 102 valence electrons. The zero-order valence-electron chi connectivity index (χ0n) is 11.8. The molecule has 0 spiro atoms. The van der Waals surface area contributed by atoms with Crippen molar-refractivity contribution in [1.82, 2.24) is 4.90 Å². The SMILES string of the molecule is CCCC/C=C1/CCC(CN2CCCCC2)C1=O. The number of carbonyl (C=O) groups is 1. The molecule has 1 saturated heterocycles. The second kappa shape index (κ2) is 7.08. The number of allylic oxidation sites excluding steroid dienone is 2. The number of rotatable bonds is 5. The summed E-state index contributed by atoms with van der Waals surface area (Å²) in [4.78, 5) is 14.8. The molecule has 0 aromatic rings. The smallest absolute Gasteiger partial charge is 0.162 e. The standard InChI is InChI=1S/C16H27NO/c1-2-3-5-8-14-9-10-15(16(14)18)13-17-11-6-4-7-12-17/h8,15H,2-7,9-13H2,1H3/b14-8-. The number of unbranched alkanes of at least 4 members (excludes halogenated alkanes) is 2. The molecular formula is C16H27NO. The van der Waals surface area contributed by atoms with E-state index in [1.807, 2.05) is 0 Å². The Bertz CT molecular complexity index is 302. The number of hydrogen-bond donors (Lipinski definition) is 0. The Labute approximate surface area is 111 Å². The van der Waals surface area contributed by atoms with Gasteiger partial charge in [0, 0.05) is 12.5 Å². The Kier molecular flexibility index (Phi) is 5.43. The predicted octanol–water partition coefficient (Wildman–Crippen LogP) is 3.57. The first-order chi connectivity index (χ1) is 8.81. The highest BCUT2D eigenvalue weighted by atomic mass is 16.1. The Morgan fingerprint density at radius 2 is 2.06 bits per heavy atom. The van der Waals surface area contributed by atoms with Crippen LogP contribution in [0.2, 0.25) is 0 Å². The molecule has 0 aromatic heterocycles. The zero-order valence-corrected chi connectivity index (χ0v) is 11.8. The van der Waals surface area contributed by atoms with Crippen LogP contribution in [0.1, 0.15) is 58.3 Å². The fraction of sp³-hybridized carbons (Fsp3) is 0.812. The summed E-state index contributed by atoms with van der Waals surface area (Å²) in [7, 11) is 0. The quantitative estimate of drug-likeness (QED) is 0.548. The minimum Gasteiger partial charge on any atom is -0.303 e. The predicted molar refractivity (Wildman–Crippen MR) is 75.6 cm³/mol. The molecule has 1 saturated carbocycles. The van der Waals surface area contributed by atoms with E-state index in [-0.39, 0.29) is 0 Å². The number of piperidine rings is 1. The van der Waals surface area contributed by atoms with Crippen molar-refractivity contribution in [3.8, 4) is 0 Å². The van der Waals surface area contributed by atoms with Gasteiger partial charge >= 0.3 is 0 Å². The number of Topliss-reactive ketones (excluding diaryl/α,β-unsaturated/α-hetero) is 1. The van der Waals surface area contributed by atoms with Crippen molar-refractivity contribution in [2.75, 3.05) is 19.6 Å². The summed E-state index contributed by atoms with van der Waals surface area (Å²) in [5, 5.41) is 0. The number of nitrogens with zero attached hydrogens (tertiary/aromatic N) is 1. The van der Waals surface area contributed by atoms with E-state index in [0.717, 1.165) is 31.4 Å². The molecule has 2 aliphatic rings. The zero-order chi connectivity index (χ0) is 12.8. The Balaban J connectivity index is 1.80. The molecule has 0 aromatic carbocycles. The van der Waals surface area contributed by atoms with E-state index in [0.29, 0.717) is 11.7 Å². The lowest BCUT2D eigenvalue weighted by Gasteiger charge is -2.28. The molecule has 0 radical (unpaired) electrons. The van der Waals surface area contributed by atoms with E-state index in [2.05, 4.69) is 17.9 Å². The van der Waals surface area contributed by atoms with Gasteiger partial charge < -0.3 is 4.90 Å². The summed E-state index contributed by atoms with van der Waals surface area (Å²) >= 11 is 0. The van der Waals surface area contributed by atoms with Crippen LogP contribution in [0.15, 0.2) is 11.6 Å². The largest absolute Gasteiger partial charge is 0.303 e. The Hall–Kier alpha value is -0.630. The number of ketones is 1. The fourth-order valence-corrected chi connectivity index (χ4v) is 3.16. The summed E-state index contributed by atoms with van der Waals surface area (Å²) in [5.74, 6) is 0.757. The van der Waals surface area contributed by atoms with Crippen molar-refractivity contribution in [3.63, 3.8) is 0 Å². The maximum atomic E-state index is 12.3. The van der Waals surface area contributed by atoms with Crippen LogP contribution in [0.4, 0.5) is 0 Å². The third-order valence-electron chi connectivity index (χ3n) is 4.33. The minimum atomic E-state index is 0.302. The molecule has 1 heterocycles. The normalized spacial score (nSPS) is 28.2. The molecular weight excluding hydrogens is 222 g/mol. The minimum absolute atomic E-state index is 0.302. The van der Waals surface area contributed by atoms with Gasteiger partial charge in [0.15, 0.2) is 5.78 Å². The molecule has 2 heteroatoms. The molecule has 18 heavy (non-hydrogen) atoms. The molecule has 2 rings (SSSR count). The maximum Gasteiger partial charge on any atom is 0.162 e. The van der Waals surface area contributed by atoms with Crippen molar-refractivity contribution in [2.45, 2.75) is 58.3 Å². The number of hydrogen-bond acceptors (Lipinski definition) is 2. The molecule has 1 aliphatic carbocycles. The van der Waals surface area contributed by atoms with Crippen LogP contribution < -0.4 is 0 Å². The van der Waals surface area contributed by atoms with Crippen molar-refractivity contribution >= 4 is 5.78 Å². The van der Waals surface area contributed by atoms with Gasteiger partial charge in [-0.15, -0.1) is 0 Å². The second-order valence-corrected chi connectivity index (χ2v) is 5.83. The molecule has 2 nitrogen and oxygen atoms in total. The van der Waals surface area contributed by atoms with Crippen LogP contribution >= 0.6 is 0 Å². The third kappa shape index (κ3) is 3.68. The van der Waals surface area contributed by atoms with Gasteiger partial charge in [0.1, 0.15) is 0 Å². The van der Waals surface area contributed by atoms with Gasteiger partial charge in [0.05, 0.1) is 0 Å². The van der Waals surface area contributed by atoms with Crippen LogP contribution in [-0.4, -0.2) is 30.3 Å². The number of likely N-dealkylation sites (tertiary alicyclic amines) is 1. The van der Waals surface area contributed by atoms with Crippen LogP contribution in [0.3, 0.4) is 0 Å². The topological polar surface area (TPSA) is 20.3 Å². The highest BCUT2D eigenvalue weighted by Crippen LogP contribution is 2.28. The van der Waals surface area contributed by atoms with Gasteiger partial charge in [0.25, 0.3) is 0 Å². The van der Waals surface area contributed by atoms with Gasteiger partial charge in [0.2, 0.25) is 0 Å². The monoisotopic (exact) mass is 249 g/mol. The molecule has 0 amide bonds. The first-order valence-corrected chi connectivity index (χ1v) is 7.77. The van der Waals surface area contributed by atoms with E-state index in [4.69, 9.17) is 0 Å². The second-order valence-electron chi connectivity index (χ2n) is 5.83. The molecule has 2 fully saturated rings. The summed E-state index contributed by atoms with van der Waals surface area (Å²) in [6.45, 7) is 5.63. The maximum absolute atomic E-state index is 12.3. The molecule has 1 unspecified atom stereocenters. The summed E-state index contributed by atoms with van der Waals surface area (Å²) in [6, 6.07) is 0.